The maximum absolute atomic E-state index is 12.1. The molecule has 3 rings (SSSR count). The number of anilines is 1. The van der Waals surface area contributed by atoms with E-state index in [4.69, 9.17) is 14.2 Å². The van der Waals surface area contributed by atoms with Crippen molar-refractivity contribution in [1.82, 2.24) is 9.88 Å². The van der Waals surface area contributed by atoms with Gasteiger partial charge in [0, 0.05) is 25.7 Å². The maximum atomic E-state index is 12.1. The SMILES string of the molecule is CC(C)(C)OC(=O)N1CCC(C=COc2cc3c(cn2)OCCN3)C1. The highest BCUT2D eigenvalue weighted by Crippen LogP contribution is 2.29. The molecular weight excluding hydrogens is 322 g/mol. The highest BCUT2D eigenvalue weighted by Gasteiger charge is 2.28. The lowest BCUT2D eigenvalue weighted by Crippen LogP contribution is -2.35. The van der Waals surface area contributed by atoms with Crippen LogP contribution in [0.2, 0.25) is 0 Å². The van der Waals surface area contributed by atoms with E-state index in [9.17, 15) is 4.79 Å². The van der Waals surface area contributed by atoms with Crippen LogP contribution in [0, 0.1) is 5.92 Å². The van der Waals surface area contributed by atoms with Crippen molar-refractivity contribution >= 4 is 11.8 Å². The van der Waals surface area contributed by atoms with E-state index in [1.54, 1.807) is 17.4 Å². The van der Waals surface area contributed by atoms with Crippen molar-refractivity contribution in [2.24, 2.45) is 5.92 Å². The molecule has 3 heterocycles. The Labute approximate surface area is 148 Å². The Hall–Kier alpha value is -2.44. The first-order valence-electron chi connectivity index (χ1n) is 8.59. The third-order valence-electron chi connectivity index (χ3n) is 3.93. The molecule has 0 aromatic carbocycles. The summed E-state index contributed by atoms with van der Waals surface area (Å²) in [6, 6.07) is 1.82. The minimum atomic E-state index is -0.468. The van der Waals surface area contributed by atoms with Crippen LogP contribution in [0.1, 0.15) is 27.2 Å². The minimum Gasteiger partial charge on any atom is -0.488 e. The van der Waals surface area contributed by atoms with Crippen molar-refractivity contribution in [3.05, 3.63) is 24.6 Å². The predicted octanol–water partition coefficient (Wildman–Crippen LogP) is 3.04. The number of amides is 1. The van der Waals surface area contributed by atoms with Gasteiger partial charge in [0.15, 0.2) is 5.75 Å². The average molecular weight is 347 g/mol. The number of likely N-dealkylation sites (tertiary alicyclic amines) is 1. The number of carbonyl (C=O) groups excluding carboxylic acids is 1. The van der Waals surface area contributed by atoms with E-state index in [1.807, 2.05) is 32.9 Å². The number of carbonyl (C=O) groups is 1. The molecular formula is C18H25N3O4. The summed E-state index contributed by atoms with van der Waals surface area (Å²) in [5, 5.41) is 3.24. The summed E-state index contributed by atoms with van der Waals surface area (Å²) >= 11 is 0. The van der Waals surface area contributed by atoms with Crippen LogP contribution in [0.5, 0.6) is 11.6 Å². The topological polar surface area (TPSA) is 72.9 Å². The first-order chi connectivity index (χ1) is 11.9. The predicted molar refractivity (Wildman–Crippen MR) is 93.9 cm³/mol. The highest BCUT2D eigenvalue weighted by molar-refractivity contribution is 5.68. The molecule has 1 unspecified atom stereocenters. The van der Waals surface area contributed by atoms with Gasteiger partial charge in [0.1, 0.15) is 12.2 Å². The molecule has 2 aliphatic rings. The number of hydrogen-bond donors (Lipinski definition) is 1. The zero-order chi connectivity index (χ0) is 17.9. The van der Waals surface area contributed by atoms with Crippen LogP contribution < -0.4 is 14.8 Å². The second-order valence-corrected chi connectivity index (χ2v) is 7.22. The smallest absolute Gasteiger partial charge is 0.410 e. The van der Waals surface area contributed by atoms with Crippen LogP contribution in [0.15, 0.2) is 24.6 Å². The monoisotopic (exact) mass is 347 g/mol. The molecule has 1 saturated heterocycles. The Kier molecular flexibility index (Phi) is 5.01. The third-order valence-corrected chi connectivity index (χ3v) is 3.93. The van der Waals surface area contributed by atoms with Gasteiger partial charge in [0.2, 0.25) is 5.88 Å². The molecule has 1 amide bonds. The molecule has 0 aliphatic carbocycles. The number of fused-ring (bicyclic) bond motifs is 1. The van der Waals surface area contributed by atoms with E-state index in [0.717, 1.165) is 24.4 Å². The van der Waals surface area contributed by atoms with Gasteiger partial charge in [0.25, 0.3) is 0 Å². The Morgan fingerprint density at radius 2 is 2.32 bits per heavy atom. The van der Waals surface area contributed by atoms with E-state index in [-0.39, 0.29) is 12.0 Å². The number of nitrogens with zero attached hydrogens (tertiary/aromatic N) is 2. The van der Waals surface area contributed by atoms with E-state index < -0.39 is 5.60 Å². The fourth-order valence-corrected chi connectivity index (χ4v) is 2.74. The van der Waals surface area contributed by atoms with Gasteiger partial charge < -0.3 is 24.4 Å². The molecule has 1 aromatic rings. The molecule has 0 radical (unpaired) electrons. The largest absolute Gasteiger partial charge is 0.488 e. The highest BCUT2D eigenvalue weighted by atomic mass is 16.6. The quantitative estimate of drug-likeness (QED) is 0.847. The Bertz CT molecular complexity index is 654. The zero-order valence-corrected chi connectivity index (χ0v) is 14.9. The lowest BCUT2D eigenvalue weighted by atomic mass is 10.1. The Morgan fingerprint density at radius 1 is 1.48 bits per heavy atom. The second-order valence-electron chi connectivity index (χ2n) is 7.22. The summed E-state index contributed by atoms with van der Waals surface area (Å²) in [6.45, 7) is 8.37. The lowest BCUT2D eigenvalue weighted by molar-refractivity contribution is 0.0291. The van der Waals surface area contributed by atoms with E-state index in [1.165, 1.54) is 0 Å². The van der Waals surface area contributed by atoms with Gasteiger partial charge in [-0.25, -0.2) is 9.78 Å². The zero-order valence-electron chi connectivity index (χ0n) is 14.9. The normalized spacial score (nSPS) is 20.0. The summed E-state index contributed by atoms with van der Waals surface area (Å²) in [7, 11) is 0. The summed E-state index contributed by atoms with van der Waals surface area (Å²) < 4.78 is 16.5. The molecule has 1 N–H and O–H groups in total. The molecule has 0 saturated carbocycles. The van der Waals surface area contributed by atoms with Gasteiger partial charge in [-0.3, -0.25) is 0 Å². The summed E-state index contributed by atoms with van der Waals surface area (Å²) in [5.41, 5.74) is 0.422. The fraction of sp³-hybridized carbons (Fsp3) is 0.556. The molecule has 0 bridgehead atoms. The number of ether oxygens (including phenoxy) is 3. The van der Waals surface area contributed by atoms with Crippen molar-refractivity contribution < 1.29 is 19.0 Å². The fourth-order valence-electron chi connectivity index (χ4n) is 2.74. The summed E-state index contributed by atoms with van der Waals surface area (Å²) in [5.74, 6) is 1.51. The van der Waals surface area contributed by atoms with Gasteiger partial charge in [-0.05, 0) is 39.2 Å². The van der Waals surface area contributed by atoms with Gasteiger partial charge in [-0.15, -0.1) is 0 Å². The molecule has 1 aromatic heterocycles. The van der Waals surface area contributed by atoms with Gasteiger partial charge in [0.05, 0.1) is 18.1 Å². The molecule has 7 nitrogen and oxygen atoms in total. The maximum Gasteiger partial charge on any atom is 0.410 e. The molecule has 136 valence electrons. The minimum absolute atomic E-state index is 0.256. The first-order valence-corrected chi connectivity index (χ1v) is 8.59. The van der Waals surface area contributed by atoms with Crippen LogP contribution in [-0.4, -0.2) is 47.8 Å². The lowest BCUT2D eigenvalue weighted by Gasteiger charge is -2.24. The van der Waals surface area contributed by atoms with Crippen molar-refractivity contribution in [2.75, 3.05) is 31.6 Å². The summed E-state index contributed by atoms with van der Waals surface area (Å²) in [6.07, 6.45) is 5.90. The van der Waals surface area contributed by atoms with E-state index in [2.05, 4.69) is 10.3 Å². The number of aromatic nitrogens is 1. The molecule has 2 aliphatic heterocycles. The van der Waals surface area contributed by atoms with Crippen LogP contribution in [0.3, 0.4) is 0 Å². The van der Waals surface area contributed by atoms with Crippen LogP contribution >= 0.6 is 0 Å². The van der Waals surface area contributed by atoms with Gasteiger partial charge in [-0.2, -0.15) is 0 Å². The van der Waals surface area contributed by atoms with Crippen molar-refractivity contribution in [3.63, 3.8) is 0 Å². The number of nitrogens with one attached hydrogen (secondary N) is 1. The van der Waals surface area contributed by atoms with Crippen molar-refractivity contribution in [1.29, 1.82) is 0 Å². The number of hydrogen-bond acceptors (Lipinski definition) is 6. The molecule has 1 fully saturated rings. The van der Waals surface area contributed by atoms with Crippen LogP contribution in [0.4, 0.5) is 10.5 Å². The Morgan fingerprint density at radius 3 is 3.12 bits per heavy atom. The number of rotatable bonds is 3. The molecule has 7 heteroatoms. The summed E-state index contributed by atoms with van der Waals surface area (Å²) in [4.78, 5) is 18.0. The molecule has 1 atom stereocenters. The molecule has 25 heavy (non-hydrogen) atoms. The van der Waals surface area contributed by atoms with E-state index >= 15 is 0 Å². The third kappa shape index (κ3) is 4.78. The first kappa shape index (κ1) is 17.4. The second kappa shape index (κ2) is 7.21. The van der Waals surface area contributed by atoms with Crippen LogP contribution in [-0.2, 0) is 4.74 Å². The standard InChI is InChI=1S/C18H25N3O4/c1-18(2,3)25-17(22)21-7-4-13(12-21)5-8-24-16-10-14-15(11-20-16)23-9-6-19-14/h5,8,10-11,13,19H,4,6-7,9,12H2,1-3H3. The number of pyridine rings is 1. The van der Waals surface area contributed by atoms with Crippen molar-refractivity contribution in [2.45, 2.75) is 32.8 Å². The van der Waals surface area contributed by atoms with Gasteiger partial charge >= 0.3 is 6.09 Å². The average Bonchev–Trinajstić information content (AvgIpc) is 3.02. The van der Waals surface area contributed by atoms with Crippen LogP contribution in [0.25, 0.3) is 0 Å². The van der Waals surface area contributed by atoms with E-state index in [0.29, 0.717) is 25.6 Å². The van der Waals surface area contributed by atoms with Crippen molar-refractivity contribution in [3.8, 4) is 11.6 Å². The van der Waals surface area contributed by atoms with Gasteiger partial charge in [-0.1, -0.05) is 0 Å². The Balaban J connectivity index is 1.49. The molecule has 0 spiro atoms.